The fraction of sp³-hybridized carbons (Fsp3) is 0.364. The number of Topliss-reactive ketones (excluding diaryl/α,β-unsaturated/α-hetero) is 1. The molecule has 0 bridgehead atoms. The molecule has 0 aliphatic carbocycles. The Kier molecular flexibility index (Phi) is 6.08. The first-order valence-electron chi connectivity index (χ1n) is 5.02. The Labute approximate surface area is 110 Å². The summed E-state index contributed by atoms with van der Waals surface area (Å²) in [5.74, 6) is -12.9. The van der Waals surface area contributed by atoms with Crippen LogP contribution < -0.4 is 0 Å². The summed E-state index contributed by atoms with van der Waals surface area (Å²) in [5.41, 5.74) is -3.90. The van der Waals surface area contributed by atoms with Crippen LogP contribution in [0.5, 0.6) is 0 Å². The number of allylic oxidation sites excluding steroid dienone is 1. The van der Waals surface area contributed by atoms with Crippen molar-refractivity contribution in [2.75, 3.05) is 6.61 Å². The van der Waals surface area contributed by atoms with Gasteiger partial charge in [-0.05, 0) is 0 Å². The molecule has 0 aliphatic rings. The molecular formula is C11H10F4O5. The van der Waals surface area contributed by atoms with Crippen LogP contribution in [-0.2, 0) is 24.1 Å². The third-order valence-corrected chi connectivity index (χ3v) is 2.05. The zero-order valence-electron chi connectivity index (χ0n) is 10.0. The predicted molar refractivity (Wildman–Crippen MR) is 57.0 cm³/mol. The fourth-order valence-corrected chi connectivity index (χ4v) is 1.11. The Bertz CT molecular complexity index is 435. The maximum absolute atomic E-state index is 14.2. The van der Waals surface area contributed by atoms with Crippen LogP contribution >= 0.6 is 0 Å². The largest absolute Gasteiger partial charge is 0.459 e. The number of rotatable bonds is 8. The maximum atomic E-state index is 14.2. The van der Waals surface area contributed by atoms with Crippen LogP contribution in [0.2, 0.25) is 0 Å². The lowest BCUT2D eigenvalue weighted by Gasteiger charge is -2.23. The molecule has 0 aromatic heterocycles. The molecule has 0 N–H and O–H groups in total. The number of carbonyl (C=O) groups is 3. The van der Waals surface area contributed by atoms with E-state index >= 15 is 0 Å². The average molecular weight is 298 g/mol. The normalized spacial score (nSPS) is 13.8. The van der Waals surface area contributed by atoms with Crippen molar-refractivity contribution in [1.29, 1.82) is 0 Å². The van der Waals surface area contributed by atoms with E-state index in [0.717, 1.165) is 6.08 Å². The topological polar surface area (TPSA) is 69.7 Å². The van der Waals surface area contributed by atoms with Gasteiger partial charge in [0.2, 0.25) is 0 Å². The summed E-state index contributed by atoms with van der Waals surface area (Å²) in [6.45, 7) is 5.54. The number of halogens is 4. The van der Waals surface area contributed by atoms with Crippen LogP contribution in [-0.4, -0.2) is 35.9 Å². The van der Waals surface area contributed by atoms with Crippen LogP contribution in [0.4, 0.5) is 17.7 Å². The number of hydrogen-bond acceptors (Lipinski definition) is 5. The molecule has 20 heavy (non-hydrogen) atoms. The van der Waals surface area contributed by atoms with Crippen molar-refractivity contribution in [1.82, 2.24) is 0 Å². The molecule has 0 saturated carbocycles. The van der Waals surface area contributed by atoms with E-state index < -0.39 is 42.3 Å². The van der Waals surface area contributed by atoms with E-state index in [1.54, 1.807) is 0 Å². The quantitative estimate of drug-likeness (QED) is 0.295. The summed E-state index contributed by atoms with van der Waals surface area (Å²) in [4.78, 5) is 35.3. The second-order valence-electron chi connectivity index (χ2n) is 3.45. The molecule has 1 unspecified atom stereocenters. The summed E-state index contributed by atoms with van der Waals surface area (Å²) in [6.07, 6.45) is 0.436. The van der Waals surface area contributed by atoms with Gasteiger partial charge in [0.15, 0.2) is 0 Å². The highest BCUT2D eigenvalue weighted by Crippen LogP contribution is 2.31. The van der Waals surface area contributed by atoms with E-state index in [-0.39, 0.29) is 0 Å². The molecule has 0 aromatic rings. The van der Waals surface area contributed by atoms with Crippen molar-refractivity contribution in [3.05, 3.63) is 25.3 Å². The first-order valence-corrected chi connectivity index (χ1v) is 5.02. The minimum Gasteiger partial charge on any atom is -0.459 e. The van der Waals surface area contributed by atoms with Crippen molar-refractivity contribution < 1.29 is 41.8 Å². The number of alkyl halides is 3. The van der Waals surface area contributed by atoms with Crippen LogP contribution in [0, 0.1) is 0 Å². The fourth-order valence-electron chi connectivity index (χ4n) is 1.11. The SMILES string of the molecule is C=CCOC(=O)C(F)(CC=C)C(=O)C(F)(F)C(=O)OF. The van der Waals surface area contributed by atoms with Crippen LogP contribution in [0.1, 0.15) is 6.42 Å². The van der Waals surface area contributed by atoms with Gasteiger partial charge in [0.25, 0.3) is 11.5 Å². The number of carbonyl (C=O) groups excluding carboxylic acids is 3. The summed E-state index contributed by atoms with van der Waals surface area (Å²) in [5, 5.41) is 0. The smallest absolute Gasteiger partial charge is 0.425 e. The average Bonchev–Trinajstić information content (AvgIpc) is 2.42. The van der Waals surface area contributed by atoms with Crippen molar-refractivity contribution in [2.45, 2.75) is 18.0 Å². The summed E-state index contributed by atoms with van der Waals surface area (Å²) < 4.78 is 56.1. The zero-order valence-corrected chi connectivity index (χ0v) is 10.0. The van der Waals surface area contributed by atoms with Gasteiger partial charge in [0, 0.05) is 10.9 Å². The van der Waals surface area contributed by atoms with E-state index in [1.807, 2.05) is 0 Å². The van der Waals surface area contributed by atoms with E-state index in [4.69, 9.17) is 0 Å². The third kappa shape index (κ3) is 3.43. The van der Waals surface area contributed by atoms with Crippen LogP contribution in [0.15, 0.2) is 25.3 Å². The Morgan fingerprint density at radius 3 is 2.00 bits per heavy atom. The highest BCUT2D eigenvalue weighted by Gasteiger charge is 2.63. The second kappa shape index (κ2) is 6.83. The Morgan fingerprint density at radius 1 is 1.05 bits per heavy atom. The van der Waals surface area contributed by atoms with Crippen molar-refractivity contribution in [2.24, 2.45) is 0 Å². The lowest BCUT2D eigenvalue weighted by Crippen LogP contribution is -2.54. The maximum Gasteiger partial charge on any atom is 0.425 e. The minimum atomic E-state index is -5.19. The van der Waals surface area contributed by atoms with E-state index in [1.165, 1.54) is 0 Å². The molecule has 0 radical (unpaired) electrons. The first kappa shape index (κ1) is 17.8. The van der Waals surface area contributed by atoms with Gasteiger partial charge in [-0.2, -0.15) is 8.78 Å². The van der Waals surface area contributed by atoms with Gasteiger partial charge in [-0.1, -0.05) is 18.7 Å². The molecule has 5 nitrogen and oxygen atoms in total. The number of ketones is 1. The molecule has 112 valence electrons. The zero-order chi connectivity index (χ0) is 16.0. The lowest BCUT2D eigenvalue weighted by molar-refractivity contribution is -0.214. The molecule has 0 aromatic carbocycles. The number of esters is 1. The summed E-state index contributed by atoms with van der Waals surface area (Å²) in [7, 11) is 0. The van der Waals surface area contributed by atoms with E-state index in [0.29, 0.717) is 6.08 Å². The molecule has 0 fully saturated rings. The van der Waals surface area contributed by atoms with E-state index in [2.05, 4.69) is 22.8 Å². The molecular weight excluding hydrogens is 288 g/mol. The van der Waals surface area contributed by atoms with Crippen molar-refractivity contribution >= 4 is 17.7 Å². The second-order valence-corrected chi connectivity index (χ2v) is 3.45. The van der Waals surface area contributed by atoms with Gasteiger partial charge in [-0.15, -0.1) is 6.58 Å². The van der Waals surface area contributed by atoms with Gasteiger partial charge in [0.1, 0.15) is 6.61 Å². The molecule has 0 amide bonds. The Morgan fingerprint density at radius 2 is 1.60 bits per heavy atom. The van der Waals surface area contributed by atoms with Crippen LogP contribution in [0.25, 0.3) is 0 Å². The van der Waals surface area contributed by atoms with Crippen molar-refractivity contribution in [3.63, 3.8) is 0 Å². The van der Waals surface area contributed by atoms with E-state index in [9.17, 15) is 32.1 Å². The van der Waals surface area contributed by atoms with Gasteiger partial charge in [0.05, 0.1) is 0 Å². The monoisotopic (exact) mass is 298 g/mol. The molecule has 9 heteroatoms. The Hall–Kier alpha value is -2.19. The van der Waals surface area contributed by atoms with Gasteiger partial charge in [-0.3, -0.25) is 4.79 Å². The van der Waals surface area contributed by atoms with Crippen molar-refractivity contribution in [3.8, 4) is 0 Å². The summed E-state index contributed by atoms with van der Waals surface area (Å²) >= 11 is 0. The molecule has 0 spiro atoms. The molecule has 0 aliphatic heterocycles. The highest BCUT2D eigenvalue weighted by atomic mass is 19.3. The molecule has 0 rings (SSSR count). The van der Waals surface area contributed by atoms with Gasteiger partial charge >= 0.3 is 17.9 Å². The molecule has 0 saturated heterocycles. The first-order chi connectivity index (χ1) is 9.18. The van der Waals surface area contributed by atoms with Crippen LogP contribution in [0.3, 0.4) is 0 Å². The third-order valence-electron chi connectivity index (χ3n) is 2.05. The van der Waals surface area contributed by atoms with Gasteiger partial charge in [-0.25, -0.2) is 18.9 Å². The lowest BCUT2D eigenvalue weighted by atomic mass is 9.92. The molecule has 1 atom stereocenters. The molecule has 0 heterocycles. The summed E-state index contributed by atoms with van der Waals surface area (Å²) in [6, 6.07) is 0. The standard InChI is InChI=1S/C11H10F4O5/c1-3-5-10(12,8(17)19-6-4-2)7(16)11(13,14)9(18)20-15/h3-4H,1-2,5-6H2. The Balaban J connectivity index is 5.50. The highest BCUT2D eigenvalue weighted by molar-refractivity contribution is 6.18. The predicted octanol–water partition coefficient (Wildman–Crippen LogP) is 1.63. The number of hydrogen-bond donors (Lipinski definition) is 0. The van der Waals surface area contributed by atoms with Gasteiger partial charge < -0.3 is 4.74 Å². The minimum absolute atomic E-state index is 0.561. The number of ether oxygens (including phenoxy) is 1.